The molecule has 2 heterocycles. The zero-order valence-electron chi connectivity index (χ0n) is 17.0. The molecule has 0 saturated heterocycles. The van der Waals surface area contributed by atoms with E-state index < -0.39 is 12.0 Å². The molecule has 0 bridgehead atoms. The van der Waals surface area contributed by atoms with Crippen molar-refractivity contribution < 1.29 is 13.9 Å². The van der Waals surface area contributed by atoms with Gasteiger partial charge in [0.2, 0.25) is 0 Å². The molecule has 0 radical (unpaired) electrons. The van der Waals surface area contributed by atoms with Crippen LogP contribution in [0.25, 0.3) is 6.20 Å². The molecule has 1 aromatic heterocycles. The highest BCUT2D eigenvalue weighted by Crippen LogP contribution is 2.30. The van der Waals surface area contributed by atoms with E-state index in [1.54, 1.807) is 32.2 Å². The fourth-order valence-corrected chi connectivity index (χ4v) is 4.41. The number of nitrogens with one attached hydrogen (secondary N) is 1. The predicted octanol–water partition coefficient (Wildman–Crippen LogP) is 2.96. The predicted molar refractivity (Wildman–Crippen MR) is 118 cm³/mol. The van der Waals surface area contributed by atoms with Crippen molar-refractivity contribution in [3.05, 3.63) is 96.9 Å². The van der Waals surface area contributed by atoms with Gasteiger partial charge in [-0.25, -0.2) is 14.2 Å². The van der Waals surface area contributed by atoms with Gasteiger partial charge in [0.15, 0.2) is 4.80 Å². The SMILES string of the molecule is CCOC(=O)C1=C(C)N=c2s/c(=C\Nc3ccc(F)cc3)c(=O)n2[C@@H]1c1ccccc1. The first kappa shape index (κ1) is 20.7. The number of anilines is 1. The fourth-order valence-electron chi connectivity index (χ4n) is 3.44. The van der Waals surface area contributed by atoms with E-state index in [0.717, 1.165) is 5.56 Å². The molecule has 8 heteroatoms. The Hall–Kier alpha value is -3.52. The summed E-state index contributed by atoms with van der Waals surface area (Å²) in [6.07, 6.45) is 1.57. The molecule has 31 heavy (non-hydrogen) atoms. The Bertz CT molecular complexity index is 1330. The van der Waals surface area contributed by atoms with Gasteiger partial charge in [-0.1, -0.05) is 41.7 Å². The lowest BCUT2D eigenvalue weighted by molar-refractivity contribution is -0.139. The number of benzene rings is 2. The number of carbonyl (C=O) groups excluding carboxylic acids is 1. The third kappa shape index (κ3) is 4.06. The van der Waals surface area contributed by atoms with Crippen LogP contribution in [0.15, 0.2) is 75.7 Å². The van der Waals surface area contributed by atoms with Gasteiger partial charge in [-0.3, -0.25) is 9.36 Å². The zero-order valence-corrected chi connectivity index (χ0v) is 17.8. The first-order chi connectivity index (χ1) is 15.0. The standard InChI is InChI=1S/C23H20FN3O3S/c1-3-30-22(29)19-14(2)26-23-27(20(19)15-7-5-4-6-8-15)21(28)18(31-23)13-25-17-11-9-16(24)10-12-17/h4-13,20,25H,3H2,1-2H3/b18-13-/t20-/m1/s1. The molecule has 0 amide bonds. The highest BCUT2D eigenvalue weighted by molar-refractivity contribution is 7.07. The Kier molecular flexibility index (Phi) is 5.81. The van der Waals surface area contributed by atoms with Crippen LogP contribution in [0.2, 0.25) is 0 Å². The van der Waals surface area contributed by atoms with Crippen molar-refractivity contribution in [1.82, 2.24) is 4.57 Å². The number of thiazole rings is 1. The van der Waals surface area contributed by atoms with Crippen LogP contribution in [0.4, 0.5) is 10.1 Å². The summed E-state index contributed by atoms with van der Waals surface area (Å²) in [6.45, 7) is 3.71. The van der Waals surface area contributed by atoms with Gasteiger partial charge >= 0.3 is 5.97 Å². The fraction of sp³-hybridized carbons (Fsp3) is 0.174. The van der Waals surface area contributed by atoms with Crippen LogP contribution in [-0.2, 0) is 9.53 Å². The quantitative estimate of drug-likeness (QED) is 0.623. The molecule has 1 atom stereocenters. The lowest BCUT2D eigenvalue weighted by Crippen LogP contribution is -2.40. The zero-order chi connectivity index (χ0) is 22.0. The van der Waals surface area contributed by atoms with Crippen molar-refractivity contribution in [2.45, 2.75) is 19.9 Å². The van der Waals surface area contributed by atoms with E-state index in [9.17, 15) is 14.0 Å². The van der Waals surface area contributed by atoms with Gasteiger partial charge in [-0.15, -0.1) is 0 Å². The molecule has 3 aromatic rings. The molecule has 0 spiro atoms. The third-order valence-corrected chi connectivity index (χ3v) is 5.83. The summed E-state index contributed by atoms with van der Waals surface area (Å²) in [5.74, 6) is -0.828. The van der Waals surface area contributed by atoms with Crippen molar-refractivity contribution in [2.24, 2.45) is 4.99 Å². The van der Waals surface area contributed by atoms with Crippen LogP contribution in [0.3, 0.4) is 0 Å². The summed E-state index contributed by atoms with van der Waals surface area (Å²) in [5.41, 5.74) is 2.03. The second-order valence-corrected chi connectivity index (χ2v) is 7.87. The number of esters is 1. The van der Waals surface area contributed by atoms with Gasteiger partial charge in [0, 0.05) is 11.9 Å². The Morgan fingerprint density at radius 2 is 1.94 bits per heavy atom. The number of carbonyl (C=O) groups is 1. The maximum absolute atomic E-state index is 13.3. The molecule has 6 nitrogen and oxygen atoms in total. The first-order valence-corrected chi connectivity index (χ1v) is 10.6. The molecule has 1 aliphatic heterocycles. The highest BCUT2D eigenvalue weighted by Gasteiger charge is 2.33. The number of ether oxygens (including phenoxy) is 1. The van der Waals surface area contributed by atoms with Crippen LogP contribution in [0, 0.1) is 5.82 Å². The summed E-state index contributed by atoms with van der Waals surface area (Å²) in [6, 6.07) is 14.5. The van der Waals surface area contributed by atoms with Crippen molar-refractivity contribution in [2.75, 3.05) is 11.9 Å². The van der Waals surface area contributed by atoms with Gasteiger partial charge in [0.05, 0.1) is 23.9 Å². The normalized spacial score (nSPS) is 16.0. The van der Waals surface area contributed by atoms with Crippen LogP contribution in [0.1, 0.15) is 25.5 Å². The largest absolute Gasteiger partial charge is 0.463 e. The van der Waals surface area contributed by atoms with E-state index in [4.69, 9.17) is 4.74 Å². The Labute approximate surface area is 181 Å². The number of allylic oxidation sites excluding steroid dienone is 1. The molecule has 0 saturated carbocycles. The topological polar surface area (TPSA) is 72.7 Å². The number of hydrogen-bond acceptors (Lipinski definition) is 6. The molecule has 158 valence electrons. The molecule has 0 unspecified atom stereocenters. The summed E-state index contributed by atoms with van der Waals surface area (Å²) in [7, 11) is 0. The van der Waals surface area contributed by atoms with Gasteiger partial charge in [0.1, 0.15) is 10.3 Å². The molecular weight excluding hydrogens is 417 g/mol. The van der Waals surface area contributed by atoms with Gasteiger partial charge in [-0.05, 0) is 43.7 Å². The van der Waals surface area contributed by atoms with E-state index in [2.05, 4.69) is 10.3 Å². The minimum atomic E-state index is -0.635. The van der Waals surface area contributed by atoms with E-state index in [0.29, 0.717) is 26.3 Å². The minimum absolute atomic E-state index is 0.225. The lowest BCUT2D eigenvalue weighted by Gasteiger charge is -2.24. The summed E-state index contributed by atoms with van der Waals surface area (Å²) >= 11 is 1.22. The van der Waals surface area contributed by atoms with Gasteiger partial charge in [0.25, 0.3) is 5.56 Å². The average Bonchev–Trinajstić information content (AvgIpc) is 3.08. The Morgan fingerprint density at radius 1 is 1.23 bits per heavy atom. The van der Waals surface area contributed by atoms with Crippen molar-refractivity contribution >= 4 is 29.2 Å². The Balaban J connectivity index is 1.84. The van der Waals surface area contributed by atoms with Gasteiger partial charge in [-0.2, -0.15) is 0 Å². The van der Waals surface area contributed by atoms with Gasteiger partial charge < -0.3 is 10.1 Å². The average molecular weight is 437 g/mol. The van der Waals surface area contributed by atoms with Crippen LogP contribution in [0.5, 0.6) is 0 Å². The number of aromatic nitrogens is 1. The van der Waals surface area contributed by atoms with Crippen LogP contribution >= 0.6 is 11.3 Å². The molecule has 0 fully saturated rings. The van der Waals surface area contributed by atoms with Crippen molar-refractivity contribution in [3.8, 4) is 0 Å². The first-order valence-electron chi connectivity index (χ1n) is 9.74. The molecule has 1 aliphatic rings. The van der Waals surface area contributed by atoms with E-state index >= 15 is 0 Å². The monoisotopic (exact) mass is 437 g/mol. The summed E-state index contributed by atoms with van der Waals surface area (Å²) in [4.78, 5) is 31.1. The lowest BCUT2D eigenvalue weighted by atomic mass is 9.96. The molecule has 4 rings (SSSR count). The number of fused-ring (bicyclic) bond motifs is 1. The molecule has 1 N–H and O–H groups in total. The van der Waals surface area contributed by atoms with Crippen molar-refractivity contribution in [3.63, 3.8) is 0 Å². The van der Waals surface area contributed by atoms with E-state index in [1.807, 2.05) is 30.3 Å². The molecule has 0 aliphatic carbocycles. The summed E-state index contributed by atoms with van der Waals surface area (Å²) < 4.78 is 20.3. The Morgan fingerprint density at radius 3 is 2.61 bits per heavy atom. The van der Waals surface area contributed by atoms with E-state index in [1.165, 1.54) is 28.0 Å². The maximum atomic E-state index is 13.3. The maximum Gasteiger partial charge on any atom is 0.338 e. The second-order valence-electron chi connectivity index (χ2n) is 6.86. The number of hydrogen-bond donors (Lipinski definition) is 1. The summed E-state index contributed by atoms with van der Waals surface area (Å²) in [5, 5.41) is 3.02. The highest BCUT2D eigenvalue weighted by atomic mass is 32.1. The number of halogens is 1. The number of rotatable bonds is 5. The van der Waals surface area contributed by atoms with Crippen molar-refractivity contribution in [1.29, 1.82) is 0 Å². The molecule has 2 aromatic carbocycles. The smallest absolute Gasteiger partial charge is 0.338 e. The minimum Gasteiger partial charge on any atom is -0.463 e. The van der Waals surface area contributed by atoms with Crippen LogP contribution in [-0.4, -0.2) is 17.1 Å². The third-order valence-electron chi connectivity index (χ3n) is 4.85. The van der Waals surface area contributed by atoms with Crippen LogP contribution < -0.4 is 20.2 Å². The number of nitrogens with zero attached hydrogens (tertiary/aromatic N) is 2. The molecular formula is C23H20FN3O3S. The van der Waals surface area contributed by atoms with E-state index in [-0.39, 0.29) is 18.0 Å². The second kappa shape index (κ2) is 8.69.